The molecule has 7 nitrogen and oxygen atoms in total. The second-order valence-electron chi connectivity index (χ2n) is 6.28. The average Bonchev–Trinajstić information content (AvgIpc) is 3.24. The number of carbonyl (C=O) groups is 1. The van der Waals surface area contributed by atoms with Crippen molar-refractivity contribution in [1.29, 1.82) is 0 Å². The number of amides is 1. The summed E-state index contributed by atoms with van der Waals surface area (Å²) >= 11 is 1.44. The van der Waals surface area contributed by atoms with E-state index >= 15 is 0 Å². The lowest BCUT2D eigenvalue weighted by Crippen LogP contribution is -2.44. The van der Waals surface area contributed by atoms with E-state index in [0.717, 1.165) is 11.3 Å². The maximum atomic E-state index is 12.6. The Morgan fingerprint density at radius 2 is 2.17 bits per heavy atom. The van der Waals surface area contributed by atoms with E-state index in [-0.39, 0.29) is 17.7 Å². The summed E-state index contributed by atoms with van der Waals surface area (Å²) in [6, 6.07) is 3.70. The highest BCUT2D eigenvalue weighted by molar-refractivity contribution is 7.12. The molecule has 4 rings (SSSR count). The van der Waals surface area contributed by atoms with Gasteiger partial charge in [-0.3, -0.25) is 19.0 Å². The Bertz CT molecular complexity index is 899. The minimum Gasteiger partial charge on any atom is -0.337 e. The molecule has 0 aliphatic carbocycles. The number of thiophene rings is 1. The minimum absolute atomic E-state index is 0.0220. The Morgan fingerprint density at radius 1 is 1.33 bits per heavy atom. The van der Waals surface area contributed by atoms with E-state index in [2.05, 4.69) is 5.10 Å². The number of hydrogen-bond acceptors (Lipinski definition) is 5. The highest BCUT2D eigenvalue weighted by Gasteiger charge is 2.41. The summed E-state index contributed by atoms with van der Waals surface area (Å²) in [7, 11) is 0. The summed E-state index contributed by atoms with van der Waals surface area (Å²) in [5.74, 6) is 0.974. The number of nitrogens with zero attached hydrogens (tertiary/aromatic N) is 4. The molecule has 4 heterocycles. The normalized spacial score (nSPS) is 22.3. The molecule has 0 unspecified atom stereocenters. The van der Waals surface area contributed by atoms with Crippen LogP contribution < -0.4 is 11.1 Å². The number of aryl methyl sites for hydroxylation is 1. The molecule has 24 heavy (non-hydrogen) atoms. The number of piperidine rings is 1. The molecule has 0 aromatic carbocycles. The molecule has 0 spiro atoms. The van der Waals surface area contributed by atoms with Crippen LogP contribution in [0.25, 0.3) is 0 Å². The van der Waals surface area contributed by atoms with E-state index in [1.807, 2.05) is 22.4 Å². The van der Waals surface area contributed by atoms with Gasteiger partial charge in [-0.15, -0.1) is 11.3 Å². The van der Waals surface area contributed by atoms with Gasteiger partial charge in [0.2, 0.25) is 0 Å². The van der Waals surface area contributed by atoms with Crippen molar-refractivity contribution in [2.24, 2.45) is 5.92 Å². The fourth-order valence-electron chi connectivity index (χ4n) is 3.70. The smallest absolute Gasteiger partial charge is 0.332 e. The van der Waals surface area contributed by atoms with Gasteiger partial charge in [-0.2, -0.15) is 5.10 Å². The summed E-state index contributed by atoms with van der Waals surface area (Å²) in [6.07, 6.45) is 0.824. The average molecular weight is 346 g/mol. The van der Waals surface area contributed by atoms with Crippen LogP contribution in [-0.2, 0) is 13.1 Å². The number of aromatic nitrogens is 3. The summed E-state index contributed by atoms with van der Waals surface area (Å²) in [5.41, 5.74) is -1.06. The van der Waals surface area contributed by atoms with Crippen molar-refractivity contribution < 1.29 is 4.79 Å². The Hall–Kier alpha value is -2.22. The van der Waals surface area contributed by atoms with Crippen LogP contribution in [0.1, 0.15) is 34.8 Å². The SMILES string of the molecule is CCn1nc2n(c(=O)c1=O)C[C@@H]1CCN(C(=O)c3cccs3)C[C@@H]21. The first-order valence-corrected chi connectivity index (χ1v) is 9.02. The molecule has 1 amide bonds. The van der Waals surface area contributed by atoms with Crippen LogP contribution in [0.4, 0.5) is 0 Å². The highest BCUT2D eigenvalue weighted by Crippen LogP contribution is 2.37. The van der Waals surface area contributed by atoms with Gasteiger partial charge in [-0.1, -0.05) is 6.07 Å². The maximum absolute atomic E-state index is 12.6. The molecule has 1 saturated heterocycles. The van der Waals surface area contributed by atoms with Gasteiger partial charge in [0.1, 0.15) is 5.82 Å². The third kappa shape index (κ3) is 2.24. The Morgan fingerprint density at radius 3 is 2.88 bits per heavy atom. The monoisotopic (exact) mass is 346 g/mol. The fraction of sp³-hybridized carbons (Fsp3) is 0.500. The summed E-state index contributed by atoms with van der Waals surface area (Å²) in [5, 5.41) is 6.30. The summed E-state index contributed by atoms with van der Waals surface area (Å²) in [6.45, 7) is 3.93. The van der Waals surface area contributed by atoms with Crippen molar-refractivity contribution in [3.05, 3.63) is 48.9 Å². The van der Waals surface area contributed by atoms with Crippen molar-refractivity contribution in [1.82, 2.24) is 19.2 Å². The first-order chi connectivity index (χ1) is 11.6. The van der Waals surface area contributed by atoms with Crippen LogP contribution >= 0.6 is 11.3 Å². The second kappa shape index (κ2) is 5.70. The van der Waals surface area contributed by atoms with Gasteiger partial charge < -0.3 is 4.90 Å². The molecule has 8 heteroatoms. The minimum atomic E-state index is -0.564. The van der Waals surface area contributed by atoms with Crippen molar-refractivity contribution in [3.63, 3.8) is 0 Å². The Kier molecular flexibility index (Phi) is 3.64. The van der Waals surface area contributed by atoms with Gasteiger partial charge in [0.15, 0.2) is 0 Å². The van der Waals surface area contributed by atoms with Crippen LogP contribution in [0.15, 0.2) is 27.1 Å². The highest BCUT2D eigenvalue weighted by atomic mass is 32.1. The molecule has 2 atom stereocenters. The molecule has 1 fully saturated rings. The summed E-state index contributed by atoms with van der Waals surface area (Å²) in [4.78, 5) is 39.5. The number of likely N-dealkylation sites (tertiary alicyclic amines) is 1. The van der Waals surface area contributed by atoms with E-state index in [0.29, 0.717) is 32.0 Å². The zero-order valence-electron chi connectivity index (χ0n) is 13.3. The predicted octanol–water partition coefficient (Wildman–Crippen LogP) is 0.746. The molecular weight excluding hydrogens is 328 g/mol. The van der Waals surface area contributed by atoms with Crippen LogP contribution in [0.2, 0.25) is 0 Å². The van der Waals surface area contributed by atoms with Crippen LogP contribution in [-0.4, -0.2) is 38.2 Å². The number of fused-ring (bicyclic) bond motifs is 3. The fourth-order valence-corrected chi connectivity index (χ4v) is 4.40. The maximum Gasteiger partial charge on any atom is 0.332 e. The number of hydrogen-bond donors (Lipinski definition) is 0. The summed E-state index contributed by atoms with van der Waals surface area (Å²) < 4.78 is 2.75. The molecule has 0 saturated carbocycles. The van der Waals surface area contributed by atoms with Crippen molar-refractivity contribution >= 4 is 17.2 Å². The van der Waals surface area contributed by atoms with Gasteiger partial charge >= 0.3 is 11.1 Å². The van der Waals surface area contributed by atoms with E-state index in [4.69, 9.17) is 0 Å². The molecule has 2 aromatic heterocycles. The zero-order valence-corrected chi connectivity index (χ0v) is 14.2. The van der Waals surface area contributed by atoms with Crippen molar-refractivity contribution in [2.45, 2.75) is 32.4 Å². The lowest BCUT2D eigenvalue weighted by atomic mass is 9.87. The van der Waals surface area contributed by atoms with E-state index in [9.17, 15) is 14.4 Å². The lowest BCUT2D eigenvalue weighted by molar-refractivity contribution is 0.0672. The van der Waals surface area contributed by atoms with Gasteiger partial charge in [-0.05, 0) is 30.7 Å². The lowest BCUT2D eigenvalue weighted by Gasteiger charge is -2.33. The molecule has 0 radical (unpaired) electrons. The van der Waals surface area contributed by atoms with Crippen LogP contribution in [0.3, 0.4) is 0 Å². The molecule has 2 aliphatic rings. The molecule has 2 aromatic rings. The molecule has 0 N–H and O–H groups in total. The molecule has 2 aliphatic heterocycles. The Balaban J connectivity index is 1.68. The van der Waals surface area contributed by atoms with Gasteiger partial charge in [-0.25, -0.2) is 4.68 Å². The zero-order chi connectivity index (χ0) is 16.8. The quantitative estimate of drug-likeness (QED) is 0.752. The topological polar surface area (TPSA) is 77.2 Å². The van der Waals surface area contributed by atoms with E-state index in [1.54, 1.807) is 6.92 Å². The number of carbonyl (C=O) groups excluding carboxylic acids is 1. The third-order valence-electron chi connectivity index (χ3n) is 4.99. The van der Waals surface area contributed by atoms with Crippen LogP contribution in [0.5, 0.6) is 0 Å². The first-order valence-electron chi connectivity index (χ1n) is 8.14. The molecular formula is C16H18N4O3S. The third-order valence-corrected chi connectivity index (χ3v) is 5.84. The largest absolute Gasteiger partial charge is 0.337 e. The number of rotatable bonds is 2. The standard InChI is InChI=1S/C16H18N4O3S/c1-2-20-16(23)15(22)19-8-10-5-6-18(9-11(10)13(19)17-20)14(21)12-4-3-7-24-12/h3-4,7,10-11H,2,5-6,8-9H2,1H3/t10-,11+/m0/s1. The molecule has 126 valence electrons. The Labute approximate surface area is 142 Å². The van der Waals surface area contributed by atoms with Crippen molar-refractivity contribution in [2.75, 3.05) is 13.1 Å². The first kappa shape index (κ1) is 15.3. The van der Waals surface area contributed by atoms with Crippen LogP contribution in [0, 0.1) is 5.92 Å². The molecule has 0 bridgehead atoms. The van der Waals surface area contributed by atoms with Crippen molar-refractivity contribution in [3.8, 4) is 0 Å². The predicted molar refractivity (Wildman–Crippen MR) is 89.5 cm³/mol. The van der Waals surface area contributed by atoms with Gasteiger partial charge in [0.25, 0.3) is 5.91 Å². The van der Waals surface area contributed by atoms with Gasteiger partial charge in [0, 0.05) is 32.1 Å². The van der Waals surface area contributed by atoms with E-state index < -0.39 is 11.1 Å². The second-order valence-corrected chi connectivity index (χ2v) is 7.23. The van der Waals surface area contributed by atoms with Gasteiger partial charge in [0.05, 0.1) is 4.88 Å². The van der Waals surface area contributed by atoms with E-state index in [1.165, 1.54) is 20.6 Å².